The molecule has 1 aliphatic heterocycles. The lowest BCUT2D eigenvalue weighted by Gasteiger charge is -2.39. The monoisotopic (exact) mass is 843 g/mol. The van der Waals surface area contributed by atoms with E-state index in [2.05, 4.69) is 265 Å². The Hall–Kier alpha value is -8.40. The second-order valence-corrected chi connectivity index (χ2v) is 17.9. The van der Waals surface area contributed by atoms with Crippen molar-refractivity contribution in [2.75, 3.05) is 9.80 Å². The van der Waals surface area contributed by atoms with Crippen molar-refractivity contribution in [3.63, 3.8) is 0 Å². The second-order valence-electron chi connectivity index (χ2n) is 17.9. The number of rotatable bonds is 7. The Morgan fingerprint density at radius 3 is 1.55 bits per heavy atom. The van der Waals surface area contributed by atoms with Gasteiger partial charge in [-0.25, -0.2) is 0 Å². The van der Waals surface area contributed by atoms with E-state index in [0.717, 1.165) is 34.1 Å². The van der Waals surface area contributed by atoms with E-state index < -0.39 is 5.41 Å². The molecular formula is C63H45N3. The van der Waals surface area contributed by atoms with Gasteiger partial charge < -0.3 is 14.4 Å². The van der Waals surface area contributed by atoms with Crippen molar-refractivity contribution in [1.29, 1.82) is 0 Å². The molecule has 1 spiro atoms. The Balaban J connectivity index is 0.942. The van der Waals surface area contributed by atoms with Crippen LogP contribution in [0.15, 0.2) is 237 Å². The van der Waals surface area contributed by atoms with E-state index in [-0.39, 0.29) is 0 Å². The second kappa shape index (κ2) is 14.8. The first-order chi connectivity index (χ1) is 32.6. The number of aromatic nitrogens is 1. The molecule has 1 aromatic heterocycles. The summed E-state index contributed by atoms with van der Waals surface area (Å²) in [5, 5.41) is 2.58. The molecule has 1 unspecified atom stereocenters. The average molecular weight is 844 g/mol. The highest BCUT2D eigenvalue weighted by molar-refractivity contribution is 6.13. The largest absolute Gasteiger partial charge is 0.311 e. The number of fused-ring (bicyclic) bond motifs is 12. The van der Waals surface area contributed by atoms with Crippen LogP contribution in [0.4, 0.5) is 34.1 Å². The SMILES string of the molecule is Cc1cccc(N(c2ccc(-c3ccc4c(c3)C3(c5cc(C)ccc5-4)c4ccccc4-n4c5ccccc5c5cccc3c54)cc2)c2ccc(N(c3ccccc3)c3ccccc3)cc2)c1. The molecule has 10 aromatic carbocycles. The summed E-state index contributed by atoms with van der Waals surface area (Å²) in [6, 6.07) is 87.3. The molecule has 13 rings (SSSR count). The molecule has 312 valence electrons. The Kier molecular flexibility index (Phi) is 8.56. The van der Waals surface area contributed by atoms with Crippen molar-refractivity contribution in [3.8, 4) is 27.9 Å². The minimum atomic E-state index is -0.502. The lowest BCUT2D eigenvalue weighted by atomic mass is 9.65. The summed E-state index contributed by atoms with van der Waals surface area (Å²) in [5.41, 5.74) is 22.8. The summed E-state index contributed by atoms with van der Waals surface area (Å²) >= 11 is 0. The van der Waals surface area contributed by atoms with Crippen LogP contribution in [0.5, 0.6) is 0 Å². The molecule has 1 aliphatic carbocycles. The summed E-state index contributed by atoms with van der Waals surface area (Å²) in [4.78, 5) is 4.67. The van der Waals surface area contributed by atoms with Gasteiger partial charge in [0.05, 0.1) is 22.1 Å². The van der Waals surface area contributed by atoms with Crippen LogP contribution in [-0.2, 0) is 5.41 Å². The lowest BCUT2D eigenvalue weighted by Crippen LogP contribution is -2.33. The third-order valence-corrected chi connectivity index (χ3v) is 14.1. The molecule has 1 atom stereocenters. The first-order valence-electron chi connectivity index (χ1n) is 22.9. The first kappa shape index (κ1) is 38.1. The number of hydrogen-bond donors (Lipinski definition) is 0. The fraction of sp³-hybridized carbons (Fsp3) is 0.0476. The molecule has 0 N–H and O–H groups in total. The number of benzene rings is 10. The van der Waals surface area contributed by atoms with Gasteiger partial charge in [0, 0.05) is 44.9 Å². The van der Waals surface area contributed by atoms with Crippen LogP contribution in [0.1, 0.15) is 33.4 Å². The molecule has 0 radical (unpaired) electrons. The van der Waals surface area contributed by atoms with Crippen molar-refractivity contribution in [2.24, 2.45) is 0 Å². The fourth-order valence-electron chi connectivity index (χ4n) is 11.3. The zero-order valence-electron chi connectivity index (χ0n) is 36.9. The number of anilines is 6. The summed E-state index contributed by atoms with van der Waals surface area (Å²) in [6.07, 6.45) is 0. The van der Waals surface area contributed by atoms with Crippen molar-refractivity contribution in [3.05, 3.63) is 270 Å². The van der Waals surface area contributed by atoms with Gasteiger partial charge in [0.1, 0.15) is 0 Å². The van der Waals surface area contributed by atoms with Crippen LogP contribution >= 0.6 is 0 Å². The average Bonchev–Trinajstić information content (AvgIpc) is 3.85. The highest BCUT2D eigenvalue weighted by atomic mass is 15.2. The van der Waals surface area contributed by atoms with Crippen LogP contribution in [0.25, 0.3) is 49.7 Å². The van der Waals surface area contributed by atoms with Crippen molar-refractivity contribution in [2.45, 2.75) is 19.3 Å². The van der Waals surface area contributed by atoms with Crippen molar-refractivity contribution < 1.29 is 0 Å². The highest BCUT2D eigenvalue weighted by Crippen LogP contribution is 2.61. The van der Waals surface area contributed by atoms with E-state index in [9.17, 15) is 0 Å². The van der Waals surface area contributed by atoms with Crippen LogP contribution in [0, 0.1) is 13.8 Å². The zero-order chi connectivity index (χ0) is 43.9. The Morgan fingerprint density at radius 1 is 0.333 bits per heavy atom. The third kappa shape index (κ3) is 5.63. The maximum Gasteiger partial charge on any atom is 0.0754 e. The van der Waals surface area contributed by atoms with Gasteiger partial charge in [0.2, 0.25) is 0 Å². The molecular weight excluding hydrogens is 799 g/mol. The van der Waals surface area contributed by atoms with Gasteiger partial charge in [0.15, 0.2) is 0 Å². The van der Waals surface area contributed by atoms with Crippen molar-refractivity contribution in [1.82, 2.24) is 4.57 Å². The summed E-state index contributed by atoms with van der Waals surface area (Å²) < 4.78 is 2.52. The zero-order valence-corrected chi connectivity index (χ0v) is 36.9. The van der Waals surface area contributed by atoms with Crippen LogP contribution in [0.2, 0.25) is 0 Å². The first-order valence-corrected chi connectivity index (χ1v) is 22.9. The quantitative estimate of drug-likeness (QED) is 0.158. The number of para-hydroxylation sites is 5. The van der Waals surface area contributed by atoms with E-state index in [1.165, 1.54) is 83.1 Å². The fourth-order valence-corrected chi connectivity index (χ4v) is 11.3. The number of nitrogens with zero attached hydrogens (tertiary/aromatic N) is 3. The van der Waals surface area contributed by atoms with Crippen molar-refractivity contribution >= 4 is 55.9 Å². The van der Waals surface area contributed by atoms with Gasteiger partial charge in [-0.15, -0.1) is 0 Å². The van der Waals surface area contributed by atoms with Gasteiger partial charge in [-0.05, 0) is 155 Å². The Bertz CT molecular complexity index is 3620. The van der Waals surface area contributed by atoms with Crippen LogP contribution in [0.3, 0.4) is 0 Å². The van der Waals surface area contributed by atoms with E-state index in [4.69, 9.17) is 0 Å². The molecule has 2 aliphatic rings. The standard InChI is InChI=1S/C63H45N3/c1-42-15-13-20-51(39-42)65(50-35-33-49(34-36-50)64(46-16-5-3-6-17-46)47-18-7-4-8-19-47)48-31-28-44(29-32-48)45-30-38-53-52-37-27-43(2)40-58(52)63(59(53)41-45)56-23-10-12-26-61(56)66-60-25-11-9-21-54(60)55-22-14-24-57(63)62(55)66/h3-41H,1-2H3. The molecule has 66 heavy (non-hydrogen) atoms. The van der Waals surface area contributed by atoms with Crippen LogP contribution in [-0.4, -0.2) is 4.57 Å². The van der Waals surface area contributed by atoms with Gasteiger partial charge in [-0.3, -0.25) is 0 Å². The van der Waals surface area contributed by atoms with Crippen LogP contribution < -0.4 is 9.80 Å². The normalized spacial score (nSPS) is 14.3. The summed E-state index contributed by atoms with van der Waals surface area (Å²) in [6.45, 7) is 4.39. The molecule has 11 aromatic rings. The molecule has 0 saturated carbocycles. The molecule has 0 saturated heterocycles. The van der Waals surface area contributed by atoms with Gasteiger partial charge >= 0.3 is 0 Å². The van der Waals surface area contributed by atoms with E-state index in [1.54, 1.807) is 0 Å². The van der Waals surface area contributed by atoms with E-state index in [0.29, 0.717) is 0 Å². The predicted molar refractivity (Wildman–Crippen MR) is 276 cm³/mol. The third-order valence-electron chi connectivity index (χ3n) is 14.1. The summed E-state index contributed by atoms with van der Waals surface area (Å²) in [7, 11) is 0. The number of hydrogen-bond acceptors (Lipinski definition) is 2. The van der Waals surface area contributed by atoms with Gasteiger partial charge in [-0.2, -0.15) is 0 Å². The lowest BCUT2D eigenvalue weighted by molar-refractivity contribution is 0.748. The molecule has 0 amide bonds. The van der Waals surface area contributed by atoms with Gasteiger partial charge in [-0.1, -0.05) is 151 Å². The Labute approximate surface area is 385 Å². The number of aryl methyl sites for hydroxylation is 2. The molecule has 3 heteroatoms. The minimum Gasteiger partial charge on any atom is -0.311 e. The molecule has 0 fully saturated rings. The predicted octanol–water partition coefficient (Wildman–Crippen LogP) is 16.7. The Morgan fingerprint density at radius 2 is 0.833 bits per heavy atom. The summed E-state index contributed by atoms with van der Waals surface area (Å²) in [5.74, 6) is 0. The van der Waals surface area contributed by atoms with E-state index >= 15 is 0 Å². The maximum atomic E-state index is 2.52. The molecule has 2 heterocycles. The maximum absolute atomic E-state index is 2.52. The topological polar surface area (TPSA) is 11.4 Å². The minimum absolute atomic E-state index is 0.502. The molecule has 0 bridgehead atoms. The van der Waals surface area contributed by atoms with E-state index in [1.807, 2.05) is 0 Å². The molecule has 3 nitrogen and oxygen atoms in total. The highest BCUT2D eigenvalue weighted by Gasteiger charge is 2.51. The van der Waals surface area contributed by atoms with Gasteiger partial charge in [0.25, 0.3) is 0 Å². The smallest absolute Gasteiger partial charge is 0.0754 e.